The molecule has 4 nitrogen and oxygen atoms in total. The van der Waals surface area contributed by atoms with Gasteiger partial charge in [-0.05, 0) is 18.1 Å². The summed E-state index contributed by atoms with van der Waals surface area (Å²) < 4.78 is 0. The molecule has 1 aliphatic carbocycles. The quantitative estimate of drug-likeness (QED) is 0.407. The molecule has 0 saturated heterocycles. The summed E-state index contributed by atoms with van der Waals surface area (Å²) in [5, 5.41) is 18.2. The number of carbonyl (C=O) groups is 1. The minimum Gasteiger partial charge on any atom is -0.388 e. The third-order valence-corrected chi connectivity index (χ3v) is 1.80. The molecule has 0 aliphatic heterocycles. The lowest BCUT2D eigenvalue weighted by molar-refractivity contribution is -0.105. The third kappa shape index (κ3) is 1.65. The summed E-state index contributed by atoms with van der Waals surface area (Å²) in [6.45, 7) is 0. The van der Waals surface area contributed by atoms with E-state index in [1.807, 2.05) is 0 Å². The zero-order chi connectivity index (χ0) is 8.43. The normalized spacial score (nSPS) is 38.1. The van der Waals surface area contributed by atoms with Crippen LogP contribution in [0.4, 0.5) is 0 Å². The average molecular weight is 157 g/mol. The van der Waals surface area contributed by atoms with Crippen LogP contribution in [-0.4, -0.2) is 34.7 Å². The molecule has 11 heavy (non-hydrogen) atoms. The second-order valence-corrected chi connectivity index (χ2v) is 2.71. The van der Waals surface area contributed by atoms with Gasteiger partial charge in [-0.15, -0.1) is 0 Å². The summed E-state index contributed by atoms with van der Waals surface area (Å²) in [4.78, 5) is 10.2. The molecule has 0 saturated carbocycles. The molecule has 1 aliphatic rings. The first-order valence-electron chi connectivity index (χ1n) is 3.42. The van der Waals surface area contributed by atoms with Crippen LogP contribution in [0.3, 0.4) is 0 Å². The van der Waals surface area contributed by atoms with Crippen molar-refractivity contribution >= 4 is 6.29 Å². The molecule has 0 radical (unpaired) electrons. The molecule has 0 unspecified atom stereocenters. The van der Waals surface area contributed by atoms with Gasteiger partial charge in [0, 0.05) is 6.04 Å². The molecule has 4 N–H and O–H groups in total. The van der Waals surface area contributed by atoms with E-state index in [2.05, 4.69) is 0 Å². The molecule has 1 rings (SSSR count). The molecule has 0 spiro atoms. The van der Waals surface area contributed by atoms with Crippen molar-refractivity contribution in [2.24, 2.45) is 5.73 Å². The molecular weight excluding hydrogens is 146 g/mol. The summed E-state index contributed by atoms with van der Waals surface area (Å²) in [7, 11) is 0. The van der Waals surface area contributed by atoms with Crippen LogP contribution in [0.25, 0.3) is 0 Å². The molecule has 0 aromatic carbocycles. The molecule has 0 amide bonds. The highest BCUT2D eigenvalue weighted by atomic mass is 16.3. The van der Waals surface area contributed by atoms with Crippen LogP contribution in [0.5, 0.6) is 0 Å². The Hall–Kier alpha value is -0.710. The monoisotopic (exact) mass is 157 g/mol. The second kappa shape index (κ2) is 3.13. The Morgan fingerprint density at radius 2 is 2.27 bits per heavy atom. The molecule has 0 bridgehead atoms. The van der Waals surface area contributed by atoms with E-state index in [1.54, 1.807) is 0 Å². The number of aldehydes is 1. The summed E-state index contributed by atoms with van der Waals surface area (Å²) in [6.07, 6.45) is 0.371. The lowest BCUT2D eigenvalue weighted by Gasteiger charge is -2.26. The third-order valence-electron chi connectivity index (χ3n) is 1.80. The number of nitrogens with two attached hydrogens (primary N) is 1. The number of rotatable bonds is 1. The fourth-order valence-corrected chi connectivity index (χ4v) is 1.12. The number of aliphatic hydroxyl groups excluding tert-OH is 2. The molecule has 4 heteroatoms. The van der Waals surface area contributed by atoms with E-state index in [0.717, 1.165) is 0 Å². The Morgan fingerprint density at radius 1 is 1.64 bits per heavy atom. The maximum Gasteiger partial charge on any atom is 0.145 e. The Bertz CT molecular complexity index is 190. The predicted molar refractivity (Wildman–Crippen MR) is 38.8 cm³/mol. The van der Waals surface area contributed by atoms with Crippen molar-refractivity contribution in [1.29, 1.82) is 0 Å². The van der Waals surface area contributed by atoms with Gasteiger partial charge in [0.2, 0.25) is 0 Å². The van der Waals surface area contributed by atoms with Crippen LogP contribution in [-0.2, 0) is 4.79 Å². The summed E-state index contributed by atoms with van der Waals surface area (Å²) >= 11 is 0. The SMILES string of the molecule is N[C@@H]1CC(C=O)=C[C@@H](O)[C@H]1O. The first kappa shape index (κ1) is 8.39. The Balaban J connectivity index is 2.75. The van der Waals surface area contributed by atoms with Crippen LogP contribution in [0, 0.1) is 0 Å². The largest absolute Gasteiger partial charge is 0.388 e. The highest BCUT2D eigenvalue weighted by molar-refractivity contribution is 5.73. The van der Waals surface area contributed by atoms with Gasteiger partial charge in [0.25, 0.3) is 0 Å². The van der Waals surface area contributed by atoms with E-state index >= 15 is 0 Å². The van der Waals surface area contributed by atoms with Crippen LogP contribution in [0.15, 0.2) is 11.6 Å². The zero-order valence-corrected chi connectivity index (χ0v) is 5.97. The summed E-state index contributed by atoms with van der Waals surface area (Å²) in [5.41, 5.74) is 5.88. The highest BCUT2D eigenvalue weighted by Gasteiger charge is 2.27. The van der Waals surface area contributed by atoms with Crippen LogP contribution >= 0.6 is 0 Å². The lowest BCUT2D eigenvalue weighted by Crippen LogP contribution is -2.45. The molecule has 0 heterocycles. The van der Waals surface area contributed by atoms with E-state index in [1.165, 1.54) is 6.08 Å². The first-order chi connectivity index (χ1) is 5.15. The van der Waals surface area contributed by atoms with Gasteiger partial charge in [-0.2, -0.15) is 0 Å². The van der Waals surface area contributed by atoms with Crippen LogP contribution < -0.4 is 5.73 Å². The van der Waals surface area contributed by atoms with Gasteiger partial charge in [0.1, 0.15) is 12.4 Å². The predicted octanol–water partition coefficient (Wildman–Crippen LogP) is -1.44. The zero-order valence-electron chi connectivity index (χ0n) is 5.97. The van der Waals surface area contributed by atoms with Gasteiger partial charge in [0.15, 0.2) is 0 Å². The number of carbonyl (C=O) groups excluding carboxylic acids is 1. The average Bonchev–Trinajstić information content (AvgIpc) is 1.99. The van der Waals surface area contributed by atoms with Crippen molar-refractivity contribution in [3.05, 3.63) is 11.6 Å². The maximum atomic E-state index is 10.2. The van der Waals surface area contributed by atoms with Gasteiger partial charge < -0.3 is 15.9 Å². The standard InChI is InChI=1S/C7H11NO3/c8-5-1-4(3-9)2-6(10)7(5)11/h2-3,5-7,10-11H,1,8H2/t5-,6-,7+/m1/s1. The smallest absolute Gasteiger partial charge is 0.145 e. The number of hydrogen-bond donors (Lipinski definition) is 3. The second-order valence-electron chi connectivity index (χ2n) is 2.71. The van der Waals surface area contributed by atoms with Crippen molar-refractivity contribution in [2.75, 3.05) is 0 Å². The minimum atomic E-state index is -1.00. The van der Waals surface area contributed by atoms with E-state index < -0.39 is 18.2 Å². The van der Waals surface area contributed by atoms with Crippen molar-refractivity contribution in [3.8, 4) is 0 Å². The maximum absolute atomic E-state index is 10.2. The molecule has 62 valence electrons. The Kier molecular flexibility index (Phi) is 2.38. The molecule has 0 fully saturated rings. The molecular formula is C7H11NO3. The minimum absolute atomic E-state index is 0.335. The van der Waals surface area contributed by atoms with Gasteiger partial charge in [-0.1, -0.05) is 0 Å². The fourth-order valence-electron chi connectivity index (χ4n) is 1.12. The van der Waals surface area contributed by atoms with Crippen molar-refractivity contribution in [3.63, 3.8) is 0 Å². The lowest BCUT2D eigenvalue weighted by atomic mass is 9.91. The fraction of sp³-hybridized carbons (Fsp3) is 0.571. The van der Waals surface area contributed by atoms with Crippen LogP contribution in [0.2, 0.25) is 0 Å². The number of aliphatic hydroxyl groups is 2. The summed E-state index contributed by atoms with van der Waals surface area (Å²) in [6, 6.07) is -0.532. The van der Waals surface area contributed by atoms with E-state index in [-0.39, 0.29) is 0 Å². The first-order valence-corrected chi connectivity index (χ1v) is 3.42. The molecule has 0 aromatic rings. The van der Waals surface area contributed by atoms with Crippen molar-refractivity contribution < 1.29 is 15.0 Å². The van der Waals surface area contributed by atoms with Gasteiger partial charge in [-0.25, -0.2) is 0 Å². The summed E-state index contributed by atoms with van der Waals surface area (Å²) in [5.74, 6) is 0. The van der Waals surface area contributed by atoms with Crippen molar-refractivity contribution in [2.45, 2.75) is 24.7 Å². The molecule has 3 atom stereocenters. The Labute approximate surface area is 64.3 Å². The Morgan fingerprint density at radius 3 is 2.73 bits per heavy atom. The van der Waals surface area contributed by atoms with Gasteiger partial charge in [0.05, 0.1) is 6.10 Å². The highest BCUT2D eigenvalue weighted by Crippen LogP contribution is 2.15. The van der Waals surface area contributed by atoms with E-state index in [9.17, 15) is 4.79 Å². The van der Waals surface area contributed by atoms with E-state index in [0.29, 0.717) is 18.3 Å². The van der Waals surface area contributed by atoms with Gasteiger partial charge in [-0.3, -0.25) is 4.79 Å². The molecule has 0 aromatic heterocycles. The number of hydrogen-bond acceptors (Lipinski definition) is 4. The van der Waals surface area contributed by atoms with Gasteiger partial charge >= 0.3 is 0 Å². The topological polar surface area (TPSA) is 83.6 Å². The van der Waals surface area contributed by atoms with Crippen molar-refractivity contribution in [1.82, 2.24) is 0 Å². The van der Waals surface area contributed by atoms with Crippen LogP contribution in [0.1, 0.15) is 6.42 Å². The van der Waals surface area contributed by atoms with E-state index in [4.69, 9.17) is 15.9 Å².